The van der Waals surface area contributed by atoms with E-state index in [0.29, 0.717) is 18.6 Å². The molecule has 2 aliphatic rings. The summed E-state index contributed by atoms with van der Waals surface area (Å²) in [6, 6.07) is 0.925. The first kappa shape index (κ1) is 11.9. The van der Waals surface area contributed by atoms with Crippen molar-refractivity contribution in [3.63, 3.8) is 0 Å². The molecule has 0 aromatic carbocycles. The van der Waals surface area contributed by atoms with Crippen molar-refractivity contribution >= 4 is 5.91 Å². The zero-order valence-corrected chi connectivity index (χ0v) is 10.2. The van der Waals surface area contributed by atoms with Gasteiger partial charge in [0.2, 0.25) is 5.91 Å². The van der Waals surface area contributed by atoms with Gasteiger partial charge in [0.25, 0.3) is 0 Å². The smallest absolute Gasteiger partial charge is 0.234 e. The molecule has 1 atom stereocenters. The van der Waals surface area contributed by atoms with Gasteiger partial charge in [-0.1, -0.05) is 12.8 Å². The molecule has 0 unspecified atom stereocenters. The van der Waals surface area contributed by atoms with E-state index in [1.807, 2.05) is 0 Å². The van der Waals surface area contributed by atoms with Crippen molar-refractivity contribution in [3.8, 4) is 0 Å². The van der Waals surface area contributed by atoms with Gasteiger partial charge in [-0.3, -0.25) is 9.69 Å². The van der Waals surface area contributed by atoms with Crippen molar-refractivity contribution in [2.24, 2.45) is 0 Å². The summed E-state index contributed by atoms with van der Waals surface area (Å²) in [5.74, 6) is 0.209. The highest BCUT2D eigenvalue weighted by atomic mass is 16.2. The van der Waals surface area contributed by atoms with Gasteiger partial charge in [-0.05, 0) is 19.8 Å². The topological polar surface area (TPSA) is 44.4 Å². The SMILES string of the molecule is C[C@@H]1CNCCN1CC(=O)NC1CCCC1. The molecule has 16 heavy (non-hydrogen) atoms. The maximum atomic E-state index is 11.8. The van der Waals surface area contributed by atoms with E-state index < -0.39 is 0 Å². The monoisotopic (exact) mass is 225 g/mol. The minimum Gasteiger partial charge on any atom is -0.352 e. The van der Waals surface area contributed by atoms with Crippen LogP contribution in [0.4, 0.5) is 0 Å². The Morgan fingerprint density at radius 2 is 2.19 bits per heavy atom. The number of rotatable bonds is 3. The molecule has 92 valence electrons. The van der Waals surface area contributed by atoms with E-state index in [9.17, 15) is 4.79 Å². The summed E-state index contributed by atoms with van der Waals surface area (Å²) in [5, 5.41) is 6.48. The zero-order chi connectivity index (χ0) is 11.4. The molecule has 2 fully saturated rings. The van der Waals surface area contributed by atoms with E-state index >= 15 is 0 Å². The molecule has 4 heteroatoms. The van der Waals surface area contributed by atoms with Crippen LogP contribution in [0.25, 0.3) is 0 Å². The molecule has 0 spiro atoms. The van der Waals surface area contributed by atoms with E-state index in [1.165, 1.54) is 25.7 Å². The number of hydrogen-bond acceptors (Lipinski definition) is 3. The lowest BCUT2D eigenvalue weighted by Gasteiger charge is -2.33. The number of amides is 1. The van der Waals surface area contributed by atoms with E-state index in [2.05, 4.69) is 22.5 Å². The molecule has 4 nitrogen and oxygen atoms in total. The molecule has 0 radical (unpaired) electrons. The predicted octanol–water partition coefficient (Wildman–Crippen LogP) is 0.339. The van der Waals surface area contributed by atoms with Crippen LogP contribution in [-0.4, -0.2) is 49.1 Å². The lowest BCUT2D eigenvalue weighted by atomic mass is 10.2. The minimum atomic E-state index is 0.209. The number of nitrogens with one attached hydrogen (secondary N) is 2. The normalized spacial score (nSPS) is 28.2. The molecule has 1 saturated carbocycles. The Morgan fingerprint density at radius 3 is 2.88 bits per heavy atom. The van der Waals surface area contributed by atoms with E-state index in [4.69, 9.17) is 0 Å². The molecule has 1 aliphatic heterocycles. The summed E-state index contributed by atoms with van der Waals surface area (Å²) in [5.41, 5.74) is 0. The third kappa shape index (κ3) is 3.19. The van der Waals surface area contributed by atoms with Gasteiger partial charge in [0.05, 0.1) is 6.54 Å². The van der Waals surface area contributed by atoms with E-state index in [-0.39, 0.29) is 5.91 Å². The van der Waals surface area contributed by atoms with Crippen LogP contribution < -0.4 is 10.6 Å². The van der Waals surface area contributed by atoms with Gasteiger partial charge >= 0.3 is 0 Å². The molecule has 1 amide bonds. The van der Waals surface area contributed by atoms with Crippen molar-refractivity contribution in [3.05, 3.63) is 0 Å². The Morgan fingerprint density at radius 1 is 1.44 bits per heavy atom. The van der Waals surface area contributed by atoms with Gasteiger partial charge in [0.1, 0.15) is 0 Å². The van der Waals surface area contributed by atoms with Crippen LogP contribution in [0, 0.1) is 0 Å². The maximum absolute atomic E-state index is 11.8. The lowest BCUT2D eigenvalue weighted by Crippen LogP contribution is -2.53. The maximum Gasteiger partial charge on any atom is 0.234 e. The molecular weight excluding hydrogens is 202 g/mol. The van der Waals surface area contributed by atoms with Crippen LogP contribution in [0.5, 0.6) is 0 Å². The standard InChI is InChI=1S/C12H23N3O/c1-10-8-13-6-7-15(10)9-12(16)14-11-4-2-3-5-11/h10-11,13H,2-9H2,1H3,(H,14,16)/t10-/m1/s1. The first-order valence-electron chi connectivity index (χ1n) is 6.50. The Labute approximate surface area is 97.8 Å². The highest BCUT2D eigenvalue weighted by molar-refractivity contribution is 5.78. The Hall–Kier alpha value is -0.610. The largest absolute Gasteiger partial charge is 0.352 e. The Bertz CT molecular complexity index is 238. The molecule has 0 aromatic rings. The lowest BCUT2D eigenvalue weighted by molar-refractivity contribution is -0.123. The quantitative estimate of drug-likeness (QED) is 0.728. The number of piperazine rings is 1. The Kier molecular flexibility index (Phi) is 4.18. The van der Waals surface area contributed by atoms with Gasteiger partial charge < -0.3 is 10.6 Å². The molecule has 2 rings (SSSR count). The summed E-state index contributed by atoms with van der Waals surface area (Å²) >= 11 is 0. The molecule has 1 heterocycles. The second kappa shape index (κ2) is 5.64. The van der Waals surface area contributed by atoms with Gasteiger partial charge in [0.15, 0.2) is 0 Å². The van der Waals surface area contributed by atoms with Gasteiger partial charge in [-0.2, -0.15) is 0 Å². The highest BCUT2D eigenvalue weighted by Crippen LogP contribution is 2.17. The first-order chi connectivity index (χ1) is 7.75. The minimum absolute atomic E-state index is 0.209. The zero-order valence-electron chi connectivity index (χ0n) is 10.2. The molecule has 1 saturated heterocycles. The summed E-state index contributed by atoms with van der Waals surface area (Å²) in [4.78, 5) is 14.1. The summed E-state index contributed by atoms with van der Waals surface area (Å²) < 4.78 is 0. The fraction of sp³-hybridized carbons (Fsp3) is 0.917. The van der Waals surface area contributed by atoms with Gasteiger partial charge in [0, 0.05) is 31.7 Å². The van der Waals surface area contributed by atoms with Crippen molar-refractivity contribution in [2.45, 2.75) is 44.7 Å². The van der Waals surface area contributed by atoms with E-state index in [0.717, 1.165) is 19.6 Å². The molecule has 0 bridgehead atoms. The van der Waals surface area contributed by atoms with Crippen LogP contribution in [0.3, 0.4) is 0 Å². The number of hydrogen-bond donors (Lipinski definition) is 2. The molecule has 0 aromatic heterocycles. The van der Waals surface area contributed by atoms with Crippen molar-refractivity contribution in [2.75, 3.05) is 26.2 Å². The van der Waals surface area contributed by atoms with Crippen LogP contribution in [0.1, 0.15) is 32.6 Å². The molecule has 1 aliphatic carbocycles. The Balaban J connectivity index is 1.72. The molecule has 2 N–H and O–H groups in total. The second-order valence-electron chi connectivity index (χ2n) is 5.07. The third-order valence-corrected chi connectivity index (χ3v) is 3.71. The first-order valence-corrected chi connectivity index (χ1v) is 6.50. The average Bonchev–Trinajstić information content (AvgIpc) is 2.74. The number of carbonyl (C=O) groups excluding carboxylic acids is 1. The fourth-order valence-electron chi connectivity index (χ4n) is 2.65. The third-order valence-electron chi connectivity index (χ3n) is 3.71. The van der Waals surface area contributed by atoms with Crippen molar-refractivity contribution in [1.82, 2.24) is 15.5 Å². The van der Waals surface area contributed by atoms with Gasteiger partial charge in [-0.25, -0.2) is 0 Å². The highest BCUT2D eigenvalue weighted by Gasteiger charge is 2.22. The van der Waals surface area contributed by atoms with E-state index in [1.54, 1.807) is 0 Å². The predicted molar refractivity (Wildman–Crippen MR) is 64.3 cm³/mol. The average molecular weight is 225 g/mol. The van der Waals surface area contributed by atoms with Crippen molar-refractivity contribution in [1.29, 1.82) is 0 Å². The summed E-state index contributed by atoms with van der Waals surface area (Å²) in [6.07, 6.45) is 4.88. The van der Waals surface area contributed by atoms with Crippen LogP contribution >= 0.6 is 0 Å². The summed E-state index contributed by atoms with van der Waals surface area (Å²) in [6.45, 7) is 5.73. The number of carbonyl (C=O) groups is 1. The van der Waals surface area contributed by atoms with Crippen LogP contribution in [0.2, 0.25) is 0 Å². The number of nitrogens with zero attached hydrogens (tertiary/aromatic N) is 1. The molecular formula is C12H23N3O. The van der Waals surface area contributed by atoms with Gasteiger partial charge in [-0.15, -0.1) is 0 Å². The fourth-order valence-corrected chi connectivity index (χ4v) is 2.65. The summed E-state index contributed by atoms with van der Waals surface area (Å²) in [7, 11) is 0. The van der Waals surface area contributed by atoms with Crippen molar-refractivity contribution < 1.29 is 4.79 Å². The second-order valence-corrected chi connectivity index (χ2v) is 5.07. The van der Waals surface area contributed by atoms with Crippen LogP contribution in [0.15, 0.2) is 0 Å². The van der Waals surface area contributed by atoms with Crippen LogP contribution in [-0.2, 0) is 4.79 Å².